The van der Waals surface area contributed by atoms with Crippen molar-refractivity contribution in [3.63, 3.8) is 0 Å². The Morgan fingerprint density at radius 2 is 2.22 bits per heavy atom. The molecule has 0 amide bonds. The zero-order valence-corrected chi connectivity index (χ0v) is 11.1. The first-order valence-corrected chi connectivity index (χ1v) is 6.95. The Hall–Kier alpha value is -1.06. The Balaban J connectivity index is 1.76. The van der Waals surface area contributed by atoms with E-state index in [2.05, 4.69) is 6.92 Å². The molecule has 0 spiro atoms. The highest BCUT2D eigenvalue weighted by Crippen LogP contribution is 2.58. The maximum Gasteiger partial charge on any atom is 0.310 e. The van der Waals surface area contributed by atoms with E-state index in [1.165, 1.54) is 0 Å². The zero-order valence-electron chi connectivity index (χ0n) is 11.1. The van der Waals surface area contributed by atoms with Gasteiger partial charge in [-0.05, 0) is 18.8 Å². The van der Waals surface area contributed by atoms with Crippen molar-refractivity contribution in [1.82, 2.24) is 0 Å². The van der Waals surface area contributed by atoms with Crippen molar-refractivity contribution < 1.29 is 19.1 Å². The van der Waals surface area contributed by atoms with Crippen molar-refractivity contribution in [1.29, 1.82) is 0 Å². The number of hydrogen-bond donors (Lipinski definition) is 0. The average molecular weight is 252 g/mol. The lowest BCUT2D eigenvalue weighted by Crippen LogP contribution is -2.40. The molecule has 4 heteroatoms. The number of rotatable bonds is 3. The van der Waals surface area contributed by atoms with E-state index in [1.807, 2.05) is 13.8 Å². The fourth-order valence-corrected chi connectivity index (χ4v) is 3.92. The molecule has 7 unspecified atom stereocenters. The molecule has 2 saturated carbocycles. The first-order valence-electron chi connectivity index (χ1n) is 6.95. The summed E-state index contributed by atoms with van der Waals surface area (Å²) in [6.45, 7) is 5.94. The Morgan fingerprint density at radius 1 is 1.50 bits per heavy atom. The number of esters is 2. The van der Waals surface area contributed by atoms with Gasteiger partial charge >= 0.3 is 11.9 Å². The predicted molar refractivity (Wildman–Crippen MR) is 63.5 cm³/mol. The number of carbonyl (C=O) groups excluding carboxylic acids is 2. The summed E-state index contributed by atoms with van der Waals surface area (Å²) < 4.78 is 11.1. The van der Waals surface area contributed by atoms with Gasteiger partial charge in [-0.15, -0.1) is 0 Å². The van der Waals surface area contributed by atoms with Crippen LogP contribution in [0, 0.1) is 29.6 Å². The molecule has 1 heterocycles. The lowest BCUT2D eigenvalue weighted by Gasteiger charge is -2.30. The van der Waals surface area contributed by atoms with Gasteiger partial charge in [0.15, 0.2) is 0 Å². The molecule has 18 heavy (non-hydrogen) atoms. The van der Waals surface area contributed by atoms with Crippen molar-refractivity contribution >= 4 is 11.9 Å². The van der Waals surface area contributed by atoms with Crippen LogP contribution in [0.3, 0.4) is 0 Å². The minimum atomic E-state index is -0.200. The molecule has 2 bridgehead atoms. The molecule has 7 atom stereocenters. The topological polar surface area (TPSA) is 52.6 Å². The van der Waals surface area contributed by atoms with Gasteiger partial charge in [0.05, 0.1) is 11.8 Å². The molecule has 0 aromatic carbocycles. The highest BCUT2D eigenvalue weighted by molar-refractivity contribution is 5.78. The van der Waals surface area contributed by atoms with E-state index >= 15 is 0 Å². The van der Waals surface area contributed by atoms with Crippen LogP contribution in [-0.4, -0.2) is 24.1 Å². The number of ether oxygens (including phenoxy) is 2. The van der Waals surface area contributed by atoms with Gasteiger partial charge in [-0.1, -0.05) is 20.8 Å². The summed E-state index contributed by atoms with van der Waals surface area (Å²) in [4.78, 5) is 23.7. The molecular formula is C14H20O4. The van der Waals surface area contributed by atoms with Crippen LogP contribution in [0.1, 0.15) is 33.6 Å². The molecule has 3 aliphatic rings. The highest BCUT2D eigenvalue weighted by Gasteiger charge is 2.66. The van der Waals surface area contributed by atoms with Crippen LogP contribution < -0.4 is 0 Å². The van der Waals surface area contributed by atoms with Crippen molar-refractivity contribution in [2.45, 2.75) is 45.8 Å². The minimum absolute atomic E-state index is 0.0542. The summed E-state index contributed by atoms with van der Waals surface area (Å²) in [6, 6.07) is 0. The normalized spacial score (nSPS) is 46.1. The van der Waals surface area contributed by atoms with E-state index in [-0.39, 0.29) is 47.8 Å². The molecule has 0 aromatic rings. The van der Waals surface area contributed by atoms with Crippen molar-refractivity contribution in [2.24, 2.45) is 29.6 Å². The van der Waals surface area contributed by atoms with E-state index in [9.17, 15) is 9.59 Å². The number of carbonyl (C=O) groups is 2. The summed E-state index contributed by atoms with van der Waals surface area (Å²) in [5, 5.41) is 0. The lowest BCUT2D eigenvalue weighted by atomic mass is 9.80. The summed E-state index contributed by atoms with van der Waals surface area (Å²) in [6.07, 6.45) is 1.38. The van der Waals surface area contributed by atoms with Crippen molar-refractivity contribution in [3.8, 4) is 0 Å². The van der Waals surface area contributed by atoms with Gasteiger partial charge in [0.25, 0.3) is 0 Å². The largest absolute Gasteiger partial charge is 0.458 e. The smallest absolute Gasteiger partial charge is 0.310 e. The number of fused-ring (bicyclic) bond motifs is 1. The van der Waals surface area contributed by atoms with Crippen LogP contribution in [-0.2, 0) is 19.1 Å². The molecular weight excluding hydrogens is 232 g/mol. The third-order valence-corrected chi connectivity index (χ3v) is 5.21. The molecule has 2 aliphatic carbocycles. The van der Waals surface area contributed by atoms with E-state index in [0.29, 0.717) is 5.92 Å². The minimum Gasteiger partial charge on any atom is -0.458 e. The standard InChI is InChI=1S/C14H20O4/c1-4-6(2)13(15)17-11-8-5-9-10(7(8)3)14(16)18-12(9)11/h6-12H,4-5H2,1-3H3. The second-order valence-corrected chi connectivity index (χ2v) is 6.06. The van der Waals surface area contributed by atoms with Gasteiger partial charge in [0.1, 0.15) is 12.2 Å². The van der Waals surface area contributed by atoms with Gasteiger partial charge in [0.2, 0.25) is 0 Å². The van der Waals surface area contributed by atoms with Crippen LogP contribution in [0.15, 0.2) is 0 Å². The zero-order chi connectivity index (χ0) is 13.0. The summed E-state index contributed by atoms with van der Waals surface area (Å²) in [5.74, 6) is 0.627. The van der Waals surface area contributed by atoms with E-state index in [0.717, 1.165) is 12.8 Å². The summed E-state index contributed by atoms with van der Waals surface area (Å²) >= 11 is 0. The van der Waals surface area contributed by atoms with Crippen LogP contribution in [0.2, 0.25) is 0 Å². The average Bonchev–Trinajstić information content (AvgIpc) is 2.92. The van der Waals surface area contributed by atoms with Crippen LogP contribution >= 0.6 is 0 Å². The first kappa shape index (κ1) is 12.0. The van der Waals surface area contributed by atoms with Crippen molar-refractivity contribution in [2.75, 3.05) is 0 Å². The Kier molecular flexibility index (Phi) is 2.65. The second kappa shape index (κ2) is 3.97. The molecule has 100 valence electrons. The van der Waals surface area contributed by atoms with Crippen LogP contribution in [0.4, 0.5) is 0 Å². The maximum absolute atomic E-state index is 11.9. The van der Waals surface area contributed by atoms with Gasteiger partial charge in [0, 0.05) is 11.8 Å². The Bertz CT molecular complexity index is 391. The lowest BCUT2D eigenvalue weighted by molar-refractivity contribution is -0.165. The fourth-order valence-electron chi connectivity index (χ4n) is 3.92. The molecule has 1 aliphatic heterocycles. The summed E-state index contributed by atoms with van der Waals surface area (Å²) in [7, 11) is 0. The number of hydrogen-bond acceptors (Lipinski definition) is 4. The SMILES string of the molecule is CCC(C)C(=O)OC1C2CC3C1OC(=O)C3C2C. The maximum atomic E-state index is 11.9. The molecule has 1 saturated heterocycles. The third kappa shape index (κ3) is 1.44. The van der Waals surface area contributed by atoms with E-state index in [4.69, 9.17) is 9.47 Å². The third-order valence-electron chi connectivity index (χ3n) is 5.21. The van der Waals surface area contributed by atoms with Crippen LogP contribution in [0.25, 0.3) is 0 Å². The fraction of sp³-hybridized carbons (Fsp3) is 0.857. The Morgan fingerprint density at radius 3 is 2.89 bits per heavy atom. The van der Waals surface area contributed by atoms with Gasteiger partial charge in [-0.2, -0.15) is 0 Å². The highest BCUT2D eigenvalue weighted by atomic mass is 16.6. The van der Waals surface area contributed by atoms with Crippen molar-refractivity contribution in [3.05, 3.63) is 0 Å². The molecule has 4 nitrogen and oxygen atoms in total. The molecule has 0 aromatic heterocycles. The van der Waals surface area contributed by atoms with E-state index in [1.54, 1.807) is 0 Å². The molecule has 3 rings (SSSR count). The van der Waals surface area contributed by atoms with Crippen LogP contribution in [0.5, 0.6) is 0 Å². The molecule has 0 N–H and O–H groups in total. The summed E-state index contributed by atoms with van der Waals surface area (Å²) in [5.41, 5.74) is 0. The predicted octanol–water partition coefficient (Wildman–Crippen LogP) is 1.77. The van der Waals surface area contributed by atoms with E-state index < -0.39 is 0 Å². The van der Waals surface area contributed by atoms with Gasteiger partial charge in [-0.3, -0.25) is 9.59 Å². The second-order valence-electron chi connectivity index (χ2n) is 6.06. The molecule has 3 fully saturated rings. The quantitative estimate of drug-likeness (QED) is 0.718. The monoisotopic (exact) mass is 252 g/mol. The molecule has 0 radical (unpaired) electrons. The van der Waals surface area contributed by atoms with Gasteiger partial charge in [-0.25, -0.2) is 0 Å². The van der Waals surface area contributed by atoms with Gasteiger partial charge < -0.3 is 9.47 Å². The Labute approximate surface area is 107 Å². The first-order chi connectivity index (χ1) is 8.54.